The molecule has 0 saturated carbocycles. The lowest BCUT2D eigenvalue weighted by Crippen LogP contribution is -2.30. The molecule has 0 heterocycles. The van der Waals surface area contributed by atoms with Crippen LogP contribution < -0.4 is 5.32 Å². The van der Waals surface area contributed by atoms with Gasteiger partial charge in [0.1, 0.15) is 0 Å². The molecule has 0 saturated heterocycles. The van der Waals surface area contributed by atoms with E-state index in [0.717, 1.165) is 10.2 Å². The van der Waals surface area contributed by atoms with E-state index in [1.165, 1.54) is 0 Å². The highest BCUT2D eigenvalue weighted by molar-refractivity contribution is 9.10. The van der Waals surface area contributed by atoms with Crippen LogP contribution in [0, 0.1) is 22.5 Å². The quantitative estimate of drug-likeness (QED) is 0.659. The zero-order valence-corrected chi connectivity index (χ0v) is 13.0. The highest BCUT2D eigenvalue weighted by atomic mass is 79.9. The third kappa shape index (κ3) is 3.45. The first-order valence-electron chi connectivity index (χ1n) is 5.84. The maximum absolute atomic E-state index is 10.8. The summed E-state index contributed by atoms with van der Waals surface area (Å²) < 4.78 is 0.718. The number of nitro benzene ring substituents is 1. The number of nitro groups is 1. The number of aryl methyl sites for hydroxylation is 1. The Morgan fingerprint density at radius 1 is 1.39 bits per heavy atom. The Kier molecular flexibility index (Phi) is 4.37. The number of rotatable bonds is 3. The van der Waals surface area contributed by atoms with Crippen molar-refractivity contribution in [2.24, 2.45) is 5.41 Å². The summed E-state index contributed by atoms with van der Waals surface area (Å²) in [6.07, 6.45) is 0. The van der Waals surface area contributed by atoms with E-state index in [1.54, 1.807) is 13.0 Å². The summed E-state index contributed by atoms with van der Waals surface area (Å²) >= 11 is 3.38. The van der Waals surface area contributed by atoms with Crippen LogP contribution in [0.2, 0.25) is 0 Å². The van der Waals surface area contributed by atoms with E-state index in [1.807, 2.05) is 6.07 Å². The normalized spacial score (nSPS) is 13.2. The number of hydrogen-bond acceptors (Lipinski definition) is 3. The van der Waals surface area contributed by atoms with Crippen LogP contribution in [-0.4, -0.2) is 11.0 Å². The molecular weight excluding hydrogens is 296 g/mol. The first-order chi connectivity index (χ1) is 8.12. The largest absolute Gasteiger partial charge is 0.381 e. The zero-order valence-electron chi connectivity index (χ0n) is 11.4. The minimum absolute atomic E-state index is 0.120. The molecule has 0 aliphatic heterocycles. The van der Waals surface area contributed by atoms with Crippen molar-refractivity contribution in [3.63, 3.8) is 0 Å². The molecule has 5 heteroatoms. The van der Waals surface area contributed by atoms with Gasteiger partial charge in [-0.1, -0.05) is 20.8 Å². The molecule has 4 nitrogen and oxygen atoms in total. The van der Waals surface area contributed by atoms with Gasteiger partial charge in [0.2, 0.25) is 0 Å². The molecule has 1 aromatic carbocycles. The molecular formula is C13H19BrN2O2. The van der Waals surface area contributed by atoms with E-state index in [0.29, 0.717) is 5.56 Å². The number of nitrogens with one attached hydrogen (secondary N) is 1. The van der Waals surface area contributed by atoms with Crippen molar-refractivity contribution in [2.45, 2.75) is 40.7 Å². The smallest absolute Gasteiger partial charge is 0.273 e. The summed E-state index contributed by atoms with van der Waals surface area (Å²) in [6.45, 7) is 10.3. The fraction of sp³-hybridized carbons (Fsp3) is 0.538. The molecule has 1 aromatic rings. The fourth-order valence-corrected chi connectivity index (χ4v) is 1.87. The molecule has 0 amide bonds. The average Bonchev–Trinajstić information content (AvgIpc) is 2.21. The van der Waals surface area contributed by atoms with Crippen molar-refractivity contribution in [2.75, 3.05) is 5.32 Å². The number of anilines is 1. The Bertz CT molecular complexity index is 467. The molecule has 0 aliphatic rings. The van der Waals surface area contributed by atoms with Gasteiger partial charge in [0.15, 0.2) is 0 Å². The highest BCUT2D eigenvalue weighted by Crippen LogP contribution is 2.32. The maximum atomic E-state index is 10.8. The third-order valence-electron chi connectivity index (χ3n) is 3.15. The Balaban J connectivity index is 3.06. The van der Waals surface area contributed by atoms with Gasteiger partial charge in [-0.25, -0.2) is 0 Å². The number of halogens is 1. The van der Waals surface area contributed by atoms with Crippen LogP contribution in [0.5, 0.6) is 0 Å². The van der Waals surface area contributed by atoms with Crippen LogP contribution in [0.15, 0.2) is 16.6 Å². The number of hydrogen-bond donors (Lipinski definition) is 1. The monoisotopic (exact) mass is 314 g/mol. The lowest BCUT2D eigenvalue weighted by Gasteiger charge is -2.29. The van der Waals surface area contributed by atoms with Crippen molar-refractivity contribution in [3.05, 3.63) is 32.3 Å². The maximum Gasteiger partial charge on any atom is 0.273 e. The number of benzene rings is 1. The van der Waals surface area contributed by atoms with E-state index in [4.69, 9.17) is 0 Å². The van der Waals surface area contributed by atoms with Gasteiger partial charge in [-0.3, -0.25) is 10.1 Å². The summed E-state index contributed by atoms with van der Waals surface area (Å²) in [7, 11) is 0. The van der Waals surface area contributed by atoms with Crippen LogP contribution in [0.3, 0.4) is 0 Å². The summed E-state index contributed by atoms with van der Waals surface area (Å²) in [5.41, 5.74) is 1.80. The average molecular weight is 315 g/mol. The Morgan fingerprint density at radius 3 is 2.39 bits per heavy atom. The van der Waals surface area contributed by atoms with Gasteiger partial charge < -0.3 is 5.32 Å². The second-order valence-electron chi connectivity index (χ2n) is 5.61. The van der Waals surface area contributed by atoms with Gasteiger partial charge in [-0.05, 0) is 41.3 Å². The molecule has 1 atom stereocenters. The van der Waals surface area contributed by atoms with E-state index >= 15 is 0 Å². The van der Waals surface area contributed by atoms with Gasteiger partial charge in [0.25, 0.3) is 5.69 Å². The molecule has 1 N–H and O–H groups in total. The second kappa shape index (κ2) is 5.26. The van der Waals surface area contributed by atoms with Gasteiger partial charge >= 0.3 is 0 Å². The lowest BCUT2D eigenvalue weighted by atomic mass is 9.88. The molecule has 0 fully saturated rings. The van der Waals surface area contributed by atoms with E-state index < -0.39 is 0 Å². The predicted molar refractivity (Wildman–Crippen MR) is 78.1 cm³/mol. The fourth-order valence-electron chi connectivity index (χ4n) is 1.43. The SMILES string of the molecule is Cc1cc(NC(C)C(C)(C)C)c(Br)cc1[N+](=O)[O-]. The topological polar surface area (TPSA) is 55.2 Å². The van der Waals surface area contributed by atoms with Crippen molar-refractivity contribution < 1.29 is 4.92 Å². The van der Waals surface area contributed by atoms with E-state index in [2.05, 4.69) is 48.9 Å². The van der Waals surface area contributed by atoms with Crippen LogP contribution in [-0.2, 0) is 0 Å². The molecule has 0 aromatic heterocycles. The molecule has 18 heavy (non-hydrogen) atoms. The van der Waals surface area contributed by atoms with Crippen molar-refractivity contribution in [1.29, 1.82) is 0 Å². The van der Waals surface area contributed by atoms with Crippen LogP contribution in [0.1, 0.15) is 33.3 Å². The standard InChI is InChI=1S/C13H19BrN2O2/c1-8-6-11(15-9(2)13(3,4)5)10(14)7-12(8)16(17)18/h6-7,9,15H,1-5H3. The lowest BCUT2D eigenvalue weighted by molar-refractivity contribution is -0.385. The summed E-state index contributed by atoms with van der Waals surface area (Å²) in [6, 6.07) is 3.62. The first-order valence-corrected chi connectivity index (χ1v) is 6.63. The van der Waals surface area contributed by atoms with Crippen molar-refractivity contribution in [3.8, 4) is 0 Å². The van der Waals surface area contributed by atoms with Crippen LogP contribution >= 0.6 is 15.9 Å². The zero-order chi connectivity index (χ0) is 14.1. The summed E-state index contributed by atoms with van der Waals surface area (Å²) in [5.74, 6) is 0. The molecule has 0 aliphatic carbocycles. The first kappa shape index (κ1) is 15.0. The molecule has 1 rings (SSSR count). The molecule has 100 valence electrons. The highest BCUT2D eigenvalue weighted by Gasteiger charge is 2.21. The molecule has 1 unspecified atom stereocenters. The van der Waals surface area contributed by atoms with Crippen LogP contribution in [0.25, 0.3) is 0 Å². The molecule has 0 radical (unpaired) electrons. The van der Waals surface area contributed by atoms with Gasteiger partial charge in [0.05, 0.1) is 4.92 Å². The Morgan fingerprint density at radius 2 is 1.94 bits per heavy atom. The summed E-state index contributed by atoms with van der Waals surface area (Å²) in [4.78, 5) is 10.5. The van der Waals surface area contributed by atoms with Gasteiger partial charge in [-0.15, -0.1) is 0 Å². The van der Waals surface area contributed by atoms with E-state index in [9.17, 15) is 10.1 Å². The predicted octanol–water partition coefficient (Wildman–Crippen LogP) is 4.51. The van der Waals surface area contributed by atoms with E-state index in [-0.39, 0.29) is 22.1 Å². The molecule has 0 bridgehead atoms. The van der Waals surface area contributed by atoms with Gasteiger partial charge in [-0.2, -0.15) is 0 Å². The minimum atomic E-state index is -0.364. The minimum Gasteiger partial charge on any atom is -0.381 e. The van der Waals surface area contributed by atoms with Gasteiger partial charge in [0, 0.05) is 27.8 Å². The third-order valence-corrected chi connectivity index (χ3v) is 3.81. The Labute approximate surface area is 116 Å². The number of nitrogens with zero attached hydrogens (tertiary/aromatic N) is 1. The van der Waals surface area contributed by atoms with Crippen LogP contribution in [0.4, 0.5) is 11.4 Å². The second-order valence-corrected chi connectivity index (χ2v) is 6.46. The molecule has 0 spiro atoms. The van der Waals surface area contributed by atoms with Crippen molar-refractivity contribution >= 4 is 27.3 Å². The Hall–Kier alpha value is -1.10. The summed E-state index contributed by atoms with van der Waals surface area (Å²) in [5, 5.41) is 14.2. The van der Waals surface area contributed by atoms with Crippen molar-refractivity contribution in [1.82, 2.24) is 0 Å².